The topological polar surface area (TPSA) is 105 Å². The number of carbonyl (C=O) groups excluding carboxylic acids is 3. The zero-order valence-electron chi connectivity index (χ0n) is 21.3. The summed E-state index contributed by atoms with van der Waals surface area (Å²) in [6.07, 6.45) is 0. The van der Waals surface area contributed by atoms with Crippen LogP contribution in [0.5, 0.6) is 5.75 Å². The summed E-state index contributed by atoms with van der Waals surface area (Å²) in [4.78, 5) is 36.9. The molecule has 0 aliphatic heterocycles. The fourth-order valence-corrected chi connectivity index (χ4v) is 5.35. The van der Waals surface area contributed by atoms with E-state index in [1.807, 2.05) is 0 Å². The van der Waals surface area contributed by atoms with E-state index in [2.05, 4.69) is 23.8 Å². The molecule has 3 N–H and O–H groups in total. The summed E-state index contributed by atoms with van der Waals surface area (Å²) in [6, 6.07) is 5.99. The molecule has 0 aromatic heterocycles. The molecule has 0 bridgehead atoms. The van der Waals surface area contributed by atoms with E-state index in [9.17, 15) is 28.3 Å². The summed E-state index contributed by atoms with van der Waals surface area (Å²) < 4.78 is 33.0. The van der Waals surface area contributed by atoms with E-state index >= 15 is 0 Å². The van der Waals surface area contributed by atoms with Gasteiger partial charge in [-0.3, -0.25) is 14.4 Å². The number of rotatable bonds is 13. The number of benzene rings is 2. The average Bonchev–Trinajstić information content (AvgIpc) is 2.84. The predicted octanol–water partition coefficient (Wildman–Crippen LogP) is 5.02. The minimum absolute atomic E-state index is 0.0604. The van der Waals surface area contributed by atoms with Gasteiger partial charge in [0.25, 0.3) is 0 Å². The monoisotopic (exact) mass is 564 g/mol. The summed E-state index contributed by atoms with van der Waals surface area (Å²) in [5, 5.41) is 15.3. The highest BCUT2D eigenvalue weighted by Gasteiger charge is 2.22. The molecule has 2 aromatic carbocycles. The fraction of sp³-hybridized carbons (Fsp3) is 0.296. The van der Waals surface area contributed by atoms with Crippen LogP contribution in [0.4, 0.5) is 8.78 Å². The molecule has 0 aliphatic carbocycles. The zero-order valence-corrected chi connectivity index (χ0v) is 22.9. The number of ether oxygens (including phenoxy) is 1. The molecule has 11 heteroatoms. The highest BCUT2D eigenvalue weighted by molar-refractivity contribution is 8.14. The second-order valence-corrected chi connectivity index (χ2v) is 10.3. The number of hydrogen-bond acceptors (Lipinski definition) is 7. The van der Waals surface area contributed by atoms with Gasteiger partial charge in [0.1, 0.15) is 23.1 Å². The van der Waals surface area contributed by atoms with Crippen LogP contribution in [-0.2, 0) is 14.3 Å². The molecule has 7 nitrogen and oxygen atoms in total. The van der Waals surface area contributed by atoms with Crippen LogP contribution >= 0.6 is 23.5 Å². The first kappa shape index (κ1) is 30.9. The number of nitrogens with one attached hydrogen (secondary N) is 2. The quantitative estimate of drug-likeness (QED) is 0.294. The van der Waals surface area contributed by atoms with Gasteiger partial charge in [0, 0.05) is 41.9 Å². The highest BCUT2D eigenvalue weighted by atomic mass is 32.2. The van der Waals surface area contributed by atoms with E-state index in [0.717, 1.165) is 23.9 Å². The molecule has 0 heterocycles. The van der Waals surface area contributed by atoms with Crippen LogP contribution in [0.25, 0.3) is 11.1 Å². The molecule has 0 spiro atoms. The van der Waals surface area contributed by atoms with Gasteiger partial charge in [-0.15, -0.1) is 11.8 Å². The average molecular weight is 565 g/mol. The predicted molar refractivity (Wildman–Crippen MR) is 148 cm³/mol. The van der Waals surface area contributed by atoms with Crippen molar-refractivity contribution in [3.05, 3.63) is 77.4 Å². The van der Waals surface area contributed by atoms with Gasteiger partial charge in [0.15, 0.2) is 0 Å². The number of phenols is 1. The van der Waals surface area contributed by atoms with Crippen LogP contribution in [-0.4, -0.2) is 52.2 Å². The molecule has 38 heavy (non-hydrogen) atoms. The van der Waals surface area contributed by atoms with Crippen molar-refractivity contribution in [2.24, 2.45) is 0 Å². The Morgan fingerprint density at radius 2 is 1.61 bits per heavy atom. The molecule has 0 saturated carbocycles. The maximum atomic E-state index is 14.2. The number of amides is 2. The number of thioether (sulfide) groups is 2. The Morgan fingerprint density at radius 3 is 2.21 bits per heavy atom. The Labute approximate surface area is 229 Å². The van der Waals surface area contributed by atoms with Gasteiger partial charge in [-0.1, -0.05) is 31.0 Å². The van der Waals surface area contributed by atoms with Crippen molar-refractivity contribution in [2.75, 3.05) is 18.1 Å². The van der Waals surface area contributed by atoms with Crippen molar-refractivity contribution in [1.82, 2.24) is 10.6 Å². The van der Waals surface area contributed by atoms with E-state index in [1.54, 1.807) is 6.92 Å². The lowest BCUT2D eigenvalue weighted by Gasteiger charge is -2.23. The number of halogens is 2. The molecule has 2 amide bonds. The number of aromatic hydroxyl groups is 1. The number of phenolic OH excluding ortho intramolecular Hbond substituents is 1. The summed E-state index contributed by atoms with van der Waals surface area (Å²) in [6.45, 7) is 12.8. The maximum absolute atomic E-state index is 14.2. The number of carbonyl (C=O) groups is 3. The Morgan fingerprint density at radius 1 is 0.974 bits per heavy atom. The van der Waals surface area contributed by atoms with E-state index in [1.165, 1.54) is 49.9 Å². The molecule has 2 unspecified atom stereocenters. The van der Waals surface area contributed by atoms with Crippen LogP contribution in [0.2, 0.25) is 0 Å². The molecule has 2 aromatic rings. The second kappa shape index (κ2) is 14.6. The molecule has 204 valence electrons. The Balaban J connectivity index is 2.14. The molecule has 2 rings (SSSR count). The summed E-state index contributed by atoms with van der Waals surface area (Å²) in [5.74, 6) is -1.62. The standard InChI is InChI=1S/C27H30F2N2O5S2/c1-6-36-15(2)24(30-17(4)32)13-37-16(3)25(31-18(5)33)14-38-27(35)22-11-19(7-10-26(22)34)21-9-8-20(28)12-23(21)29/h7-12,24-25,34H,2-3,6,13-14H2,1,4-5H3,(H,30,32)(H,31,33). The first-order chi connectivity index (χ1) is 17.9. The van der Waals surface area contributed by atoms with Crippen molar-refractivity contribution in [3.8, 4) is 16.9 Å². The maximum Gasteiger partial charge on any atom is 0.223 e. The highest BCUT2D eigenvalue weighted by Crippen LogP contribution is 2.31. The van der Waals surface area contributed by atoms with Crippen LogP contribution < -0.4 is 10.6 Å². The van der Waals surface area contributed by atoms with Crippen molar-refractivity contribution in [2.45, 2.75) is 32.9 Å². The van der Waals surface area contributed by atoms with Crippen molar-refractivity contribution in [3.63, 3.8) is 0 Å². The van der Waals surface area contributed by atoms with Crippen LogP contribution in [0.15, 0.2) is 60.2 Å². The third kappa shape index (κ3) is 9.21. The Bertz CT molecular complexity index is 1220. The lowest BCUT2D eigenvalue weighted by Crippen LogP contribution is -2.39. The van der Waals surface area contributed by atoms with Gasteiger partial charge < -0.3 is 20.5 Å². The molecule has 0 radical (unpaired) electrons. The van der Waals surface area contributed by atoms with E-state index in [4.69, 9.17) is 4.74 Å². The zero-order chi connectivity index (χ0) is 28.4. The SMILES string of the molecule is C=C(OCC)C(CSC(=C)C(CSC(=O)c1cc(-c2ccc(F)cc2F)ccc1O)NC(C)=O)NC(C)=O. The smallest absolute Gasteiger partial charge is 0.223 e. The number of hydrogen-bond donors (Lipinski definition) is 3. The molecule has 0 saturated heterocycles. The van der Waals surface area contributed by atoms with Crippen LogP contribution in [0, 0.1) is 11.6 Å². The van der Waals surface area contributed by atoms with Crippen molar-refractivity contribution in [1.29, 1.82) is 0 Å². The molecule has 2 atom stereocenters. The Kier molecular flexibility index (Phi) is 11.9. The van der Waals surface area contributed by atoms with Gasteiger partial charge in [0.05, 0.1) is 24.3 Å². The Hall–Kier alpha value is -3.31. The van der Waals surface area contributed by atoms with E-state index in [-0.39, 0.29) is 34.4 Å². The molecular formula is C27H30F2N2O5S2. The normalized spacial score (nSPS) is 12.2. The van der Waals surface area contributed by atoms with Crippen molar-refractivity contribution < 1.29 is 33.0 Å². The van der Waals surface area contributed by atoms with E-state index in [0.29, 0.717) is 28.6 Å². The lowest BCUT2D eigenvalue weighted by atomic mass is 10.0. The van der Waals surface area contributed by atoms with Gasteiger partial charge in [-0.2, -0.15) is 0 Å². The first-order valence-corrected chi connectivity index (χ1v) is 13.5. The fourth-order valence-electron chi connectivity index (χ4n) is 3.33. The van der Waals surface area contributed by atoms with Gasteiger partial charge in [0.2, 0.25) is 16.9 Å². The first-order valence-electron chi connectivity index (χ1n) is 11.6. The summed E-state index contributed by atoms with van der Waals surface area (Å²) >= 11 is 2.11. The minimum atomic E-state index is -0.801. The van der Waals surface area contributed by atoms with Crippen LogP contribution in [0.1, 0.15) is 31.1 Å². The van der Waals surface area contributed by atoms with Crippen LogP contribution in [0.3, 0.4) is 0 Å². The lowest BCUT2D eigenvalue weighted by molar-refractivity contribution is -0.120. The van der Waals surface area contributed by atoms with Gasteiger partial charge in [-0.25, -0.2) is 8.78 Å². The van der Waals surface area contributed by atoms with E-state index < -0.39 is 28.8 Å². The van der Waals surface area contributed by atoms with Gasteiger partial charge >= 0.3 is 0 Å². The summed E-state index contributed by atoms with van der Waals surface area (Å²) in [7, 11) is 0. The molecule has 0 fully saturated rings. The van der Waals surface area contributed by atoms with Gasteiger partial charge in [-0.05, 0) is 36.8 Å². The second-order valence-electron chi connectivity index (χ2n) is 8.14. The summed E-state index contributed by atoms with van der Waals surface area (Å²) in [5.41, 5.74) is 0.310. The third-order valence-corrected chi connectivity index (χ3v) is 7.27. The minimum Gasteiger partial charge on any atom is -0.507 e. The van der Waals surface area contributed by atoms with Crippen molar-refractivity contribution >= 4 is 40.5 Å². The molecule has 0 aliphatic rings. The largest absolute Gasteiger partial charge is 0.507 e. The third-order valence-electron chi connectivity index (χ3n) is 5.14. The molecular weight excluding hydrogens is 534 g/mol.